The maximum atomic E-state index is 13.0. The van der Waals surface area contributed by atoms with Crippen LogP contribution in [0.15, 0.2) is 24.3 Å². The molecule has 1 fully saturated rings. The number of benzene rings is 1. The summed E-state index contributed by atoms with van der Waals surface area (Å²) in [6.45, 7) is 8.63. The number of likely N-dealkylation sites (tertiary alicyclic amines) is 1. The lowest BCUT2D eigenvalue weighted by Gasteiger charge is -2.38. The van der Waals surface area contributed by atoms with E-state index in [0.29, 0.717) is 43.9 Å². The summed E-state index contributed by atoms with van der Waals surface area (Å²) in [5.74, 6) is -0.358. The minimum Gasteiger partial charge on any atom is -0.462 e. The van der Waals surface area contributed by atoms with Crippen molar-refractivity contribution in [3.8, 4) is 0 Å². The van der Waals surface area contributed by atoms with Crippen LogP contribution in [0.25, 0.3) is 0 Å². The predicted octanol–water partition coefficient (Wildman–Crippen LogP) is 3.64. The Morgan fingerprint density at radius 3 is 2.51 bits per heavy atom. The summed E-state index contributed by atoms with van der Waals surface area (Å²) >= 11 is 0. The van der Waals surface area contributed by atoms with Crippen LogP contribution in [0.3, 0.4) is 0 Å². The molecule has 2 atom stereocenters. The molecule has 0 saturated carbocycles. The molecule has 2 unspecified atom stereocenters. The zero-order valence-corrected chi connectivity index (χ0v) is 22.9. The van der Waals surface area contributed by atoms with Gasteiger partial charge in [-0.15, -0.1) is 0 Å². The average molecular weight is 518 g/mol. The van der Waals surface area contributed by atoms with Crippen LogP contribution in [0.2, 0.25) is 0 Å². The van der Waals surface area contributed by atoms with Gasteiger partial charge in [0.1, 0.15) is 0 Å². The minimum atomic E-state index is -0.432. The molecule has 1 aromatic rings. The highest BCUT2D eigenvalue weighted by molar-refractivity contribution is 5.95. The normalized spacial score (nSPS) is 17.3. The van der Waals surface area contributed by atoms with Gasteiger partial charge in [0.05, 0.1) is 12.2 Å². The van der Waals surface area contributed by atoms with Crippen LogP contribution in [0, 0.1) is 11.8 Å². The van der Waals surface area contributed by atoms with Gasteiger partial charge in [0, 0.05) is 38.3 Å². The average Bonchev–Trinajstić information content (AvgIpc) is 2.87. The second kappa shape index (κ2) is 15.2. The molecule has 0 spiro atoms. The fourth-order valence-corrected chi connectivity index (χ4v) is 4.59. The fourth-order valence-electron chi connectivity index (χ4n) is 4.59. The number of nitrogens with one attached hydrogen (secondary N) is 2. The van der Waals surface area contributed by atoms with Crippen LogP contribution in [0.1, 0.15) is 56.8 Å². The van der Waals surface area contributed by atoms with Crippen LogP contribution >= 0.6 is 0 Å². The van der Waals surface area contributed by atoms with Crippen molar-refractivity contribution in [3.05, 3.63) is 29.8 Å². The number of imide groups is 1. The molecule has 0 radical (unpaired) electrons. The number of piperidine rings is 1. The molecule has 10 heteroatoms. The van der Waals surface area contributed by atoms with Gasteiger partial charge in [0.2, 0.25) is 5.91 Å². The highest BCUT2D eigenvalue weighted by atomic mass is 16.5. The van der Waals surface area contributed by atoms with Gasteiger partial charge in [-0.05, 0) is 77.4 Å². The van der Waals surface area contributed by atoms with Crippen molar-refractivity contribution < 1.29 is 23.9 Å². The molecule has 1 aromatic carbocycles. The maximum Gasteiger partial charge on any atom is 0.338 e. The van der Waals surface area contributed by atoms with Crippen LogP contribution in [0.4, 0.5) is 15.3 Å². The van der Waals surface area contributed by atoms with Gasteiger partial charge in [-0.25, -0.2) is 14.4 Å². The van der Waals surface area contributed by atoms with Crippen molar-refractivity contribution in [1.82, 2.24) is 20.0 Å². The number of urea groups is 2. The minimum absolute atomic E-state index is 0.101. The Morgan fingerprint density at radius 2 is 1.86 bits per heavy atom. The number of esters is 1. The summed E-state index contributed by atoms with van der Waals surface area (Å²) < 4.78 is 5.03. The SMILES string of the molecule is CCOC(=O)c1cccc(NC(=O)N2CCC(CC(=O)N(CC)C(=O)NCCCN(C)C)C(CC)C2)c1. The van der Waals surface area contributed by atoms with Crippen LogP contribution in [0.5, 0.6) is 0 Å². The summed E-state index contributed by atoms with van der Waals surface area (Å²) in [6, 6.07) is 6.09. The van der Waals surface area contributed by atoms with E-state index in [1.807, 2.05) is 19.0 Å². The molecule has 0 aromatic heterocycles. The van der Waals surface area contributed by atoms with E-state index in [1.165, 1.54) is 4.90 Å². The number of carbonyl (C=O) groups is 4. The Hall–Kier alpha value is -3.14. The second-order valence-corrected chi connectivity index (χ2v) is 9.63. The van der Waals surface area contributed by atoms with Crippen molar-refractivity contribution in [3.63, 3.8) is 0 Å². The largest absolute Gasteiger partial charge is 0.462 e. The van der Waals surface area contributed by atoms with Crippen molar-refractivity contribution in [2.24, 2.45) is 11.8 Å². The molecule has 1 aliphatic rings. The van der Waals surface area contributed by atoms with E-state index in [9.17, 15) is 19.2 Å². The number of rotatable bonds is 11. The first-order chi connectivity index (χ1) is 17.7. The molecule has 1 saturated heterocycles. The van der Waals surface area contributed by atoms with Crippen LogP contribution in [-0.2, 0) is 9.53 Å². The third kappa shape index (κ3) is 9.35. The van der Waals surface area contributed by atoms with Crippen LogP contribution < -0.4 is 10.6 Å². The highest BCUT2D eigenvalue weighted by Gasteiger charge is 2.33. The third-order valence-corrected chi connectivity index (χ3v) is 6.69. The summed E-state index contributed by atoms with van der Waals surface area (Å²) in [5.41, 5.74) is 0.904. The molecular weight excluding hydrogens is 474 g/mol. The molecule has 37 heavy (non-hydrogen) atoms. The van der Waals surface area contributed by atoms with Crippen molar-refractivity contribution in [1.29, 1.82) is 0 Å². The molecule has 5 amide bonds. The molecular formula is C27H43N5O5. The Balaban J connectivity index is 1.91. The number of hydrogen-bond donors (Lipinski definition) is 2. The number of carbonyl (C=O) groups excluding carboxylic acids is 4. The van der Waals surface area contributed by atoms with Gasteiger partial charge < -0.3 is 25.2 Å². The zero-order valence-electron chi connectivity index (χ0n) is 22.9. The van der Waals surface area contributed by atoms with Gasteiger partial charge in [-0.2, -0.15) is 0 Å². The molecule has 10 nitrogen and oxygen atoms in total. The second-order valence-electron chi connectivity index (χ2n) is 9.63. The fraction of sp³-hybridized carbons (Fsp3) is 0.630. The van der Waals surface area contributed by atoms with E-state index in [1.54, 1.807) is 43.0 Å². The third-order valence-electron chi connectivity index (χ3n) is 6.69. The lowest BCUT2D eigenvalue weighted by molar-refractivity contribution is -0.130. The smallest absolute Gasteiger partial charge is 0.338 e. The highest BCUT2D eigenvalue weighted by Crippen LogP contribution is 2.30. The standard InChI is InChI=1S/C27H43N5O5/c1-6-20-19-31(27(36)29-23-12-9-11-22(17-23)25(34)37-8-3)16-13-21(20)18-24(33)32(7-2)26(35)28-14-10-15-30(4)5/h9,11-12,17,20-21H,6-8,10,13-16,18-19H2,1-5H3,(H,28,35)(H,29,36). The van der Waals surface area contributed by atoms with Crippen molar-refractivity contribution in [2.45, 2.75) is 46.5 Å². The maximum absolute atomic E-state index is 13.0. The van der Waals surface area contributed by atoms with Gasteiger partial charge in [-0.3, -0.25) is 9.69 Å². The van der Waals surface area contributed by atoms with Crippen molar-refractivity contribution in [2.75, 3.05) is 58.7 Å². The molecule has 206 valence electrons. The molecule has 1 aliphatic heterocycles. The number of nitrogens with zero attached hydrogens (tertiary/aromatic N) is 3. The topological polar surface area (TPSA) is 111 Å². The first-order valence-electron chi connectivity index (χ1n) is 13.3. The first-order valence-corrected chi connectivity index (χ1v) is 13.3. The Kier molecular flexibility index (Phi) is 12.4. The van der Waals surface area contributed by atoms with E-state index in [2.05, 4.69) is 17.6 Å². The number of amides is 5. The van der Waals surface area contributed by atoms with Gasteiger partial charge in [0.15, 0.2) is 0 Å². The van der Waals surface area contributed by atoms with E-state index in [4.69, 9.17) is 4.74 Å². The Morgan fingerprint density at radius 1 is 1.11 bits per heavy atom. The van der Waals surface area contributed by atoms with Gasteiger partial charge in [0.25, 0.3) is 0 Å². The van der Waals surface area contributed by atoms with E-state index < -0.39 is 5.97 Å². The zero-order chi connectivity index (χ0) is 27.4. The van der Waals surface area contributed by atoms with Crippen LogP contribution in [-0.4, -0.2) is 92.1 Å². The summed E-state index contributed by atoms with van der Waals surface area (Å²) in [6.07, 6.45) is 2.61. The number of anilines is 1. The lowest BCUT2D eigenvalue weighted by atomic mass is 9.81. The Bertz CT molecular complexity index is 922. The number of ether oxygens (including phenoxy) is 1. The number of hydrogen-bond acceptors (Lipinski definition) is 6. The lowest BCUT2D eigenvalue weighted by Crippen LogP contribution is -2.48. The van der Waals surface area contributed by atoms with E-state index in [-0.39, 0.29) is 42.8 Å². The van der Waals surface area contributed by atoms with Gasteiger partial charge in [-0.1, -0.05) is 19.4 Å². The summed E-state index contributed by atoms with van der Waals surface area (Å²) in [5, 5.41) is 5.72. The monoisotopic (exact) mass is 517 g/mol. The molecule has 0 bridgehead atoms. The summed E-state index contributed by atoms with van der Waals surface area (Å²) in [7, 11) is 3.96. The molecule has 0 aliphatic carbocycles. The summed E-state index contributed by atoms with van der Waals surface area (Å²) in [4.78, 5) is 55.6. The first kappa shape index (κ1) is 30.1. The molecule has 1 heterocycles. The molecule has 2 rings (SSSR count). The quantitative estimate of drug-likeness (QED) is 0.342. The molecule has 2 N–H and O–H groups in total. The van der Waals surface area contributed by atoms with E-state index in [0.717, 1.165) is 19.4 Å². The van der Waals surface area contributed by atoms with E-state index >= 15 is 0 Å². The Labute approximate surface area is 220 Å². The van der Waals surface area contributed by atoms with Crippen molar-refractivity contribution >= 4 is 29.6 Å². The van der Waals surface area contributed by atoms with Gasteiger partial charge >= 0.3 is 18.0 Å². The predicted molar refractivity (Wildman–Crippen MR) is 143 cm³/mol.